The molecule has 0 radical (unpaired) electrons. The predicted molar refractivity (Wildman–Crippen MR) is 62.5 cm³/mol. The highest BCUT2D eigenvalue weighted by Crippen LogP contribution is 2.16. The summed E-state index contributed by atoms with van der Waals surface area (Å²) in [5.41, 5.74) is -0.352. The first kappa shape index (κ1) is 13.2. The average molecular weight is 275 g/mol. The Kier molecular flexibility index (Phi) is 3.43. The molecule has 8 heteroatoms. The number of anilines is 1. The van der Waals surface area contributed by atoms with Crippen LogP contribution in [0.5, 0.6) is 0 Å². The lowest BCUT2D eigenvalue weighted by molar-refractivity contribution is 0.0651. The van der Waals surface area contributed by atoms with Crippen molar-refractivity contribution in [1.29, 1.82) is 5.26 Å². The molecule has 0 saturated carbocycles. The molecule has 2 aromatic rings. The van der Waals surface area contributed by atoms with Crippen LogP contribution < -0.4 is 5.32 Å². The standard InChI is InChI=1S/C12H6FN3O4/c13-7-3-6(5-14)1-2-8(7)15-11(17)9-4-10(12(18)19)20-16-9/h1-4H,(H,15,17)(H,18,19). The molecule has 2 N–H and O–H groups in total. The number of aromatic carboxylic acids is 1. The number of hydrogen-bond acceptors (Lipinski definition) is 5. The monoisotopic (exact) mass is 275 g/mol. The van der Waals surface area contributed by atoms with E-state index in [-0.39, 0.29) is 16.9 Å². The molecular weight excluding hydrogens is 269 g/mol. The van der Waals surface area contributed by atoms with Crippen LogP contribution in [-0.4, -0.2) is 22.1 Å². The number of benzene rings is 1. The van der Waals surface area contributed by atoms with Gasteiger partial charge < -0.3 is 14.9 Å². The van der Waals surface area contributed by atoms with E-state index in [0.717, 1.165) is 12.1 Å². The second-order valence-corrected chi connectivity index (χ2v) is 3.64. The topological polar surface area (TPSA) is 116 Å². The molecule has 0 spiro atoms. The highest BCUT2D eigenvalue weighted by molar-refractivity contribution is 6.03. The van der Waals surface area contributed by atoms with E-state index in [9.17, 15) is 14.0 Å². The van der Waals surface area contributed by atoms with Gasteiger partial charge in [-0.1, -0.05) is 5.16 Å². The number of carbonyl (C=O) groups is 2. The van der Waals surface area contributed by atoms with Gasteiger partial charge in [-0.2, -0.15) is 5.26 Å². The van der Waals surface area contributed by atoms with Crippen molar-refractivity contribution in [1.82, 2.24) is 5.16 Å². The lowest BCUT2D eigenvalue weighted by atomic mass is 10.2. The van der Waals surface area contributed by atoms with Crippen LogP contribution in [0.1, 0.15) is 26.6 Å². The lowest BCUT2D eigenvalue weighted by Crippen LogP contribution is -2.13. The summed E-state index contributed by atoms with van der Waals surface area (Å²) in [6.45, 7) is 0. The van der Waals surface area contributed by atoms with Gasteiger partial charge in [0, 0.05) is 6.07 Å². The predicted octanol–water partition coefficient (Wildman–Crippen LogP) is 1.64. The fourth-order valence-corrected chi connectivity index (χ4v) is 1.36. The minimum atomic E-state index is -1.37. The van der Waals surface area contributed by atoms with Crippen LogP contribution in [0.3, 0.4) is 0 Å². The first-order chi connectivity index (χ1) is 9.51. The maximum absolute atomic E-state index is 13.5. The summed E-state index contributed by atoms with van der Waals surface area (Å²) in [7, 11) is 0. The van der Waals surface area contributed by atoms with E-state index in [1.54, 1.807) is 6.07 Å². The Bertz CT molecular complexity index is 733. The van der Waals surface area contributed by atoms with Gasteiger partial charge in [0.15, 0.2) is 5.69 Å². The molecule has 0 bridgehead atoms. The van der Waals surface area contributed by atoms with Crippen LogP contribution >= 0.6 is 0 Å². The fourth-order valence-electron chi connectivity index (χ4n) is 1.36. The molecule has 0 aliphatic carbocycles. The number of carboxylic acid groups (broad SMARTS) is 1. The third kappa shape index (κ3) is 2.62. The Hall–Kier alpha value is -3.21. The summed E-state index contributed by atoms with van der Waals surface area (Å²) < 4.78 is 17.9. The Morgan fingerprint density at radius 3 is 2.70 bits per heavy atom. The molecule has 7 nitrogen and oxygen atoms in total. The number of amides is 1. The highest BCUT2D eigenvalue weighted by atomic mass is 19.1. The van der Waals surface area contributed by atoms with E-state index >= 15 is 0 Å². The van der Waals surface area contributed by atoms with Gasteiger partial charge >= 0.3 is 5.97 Å². The van der Waals surface area contributed by atoms with Crippen molar-refractivity contribution in [3.63, 3.8) is 0 Å². The van der Waals surface area contributed by atoms with Crippen LogP contribution in [0.2, 0.25) is 0 Å². The van der Waals surface area contributed by atoms with Crippen molar-refractivity contribution in [2.45, 2.75) is 0 Å². The van der Waals surface area contributed by atoms with E-state index in [4.69, 9.17) is 10.4 Å². The van der Waals surface area contributed by atoms with Crippen molar-refractivity contribution in [2.75, 3.05) is 5.32 Å². The Labute approximate surface area is 111 Å². The number of nitrogens with zero attached hydrogens (tertiary/aromatic N) is 2. The zero-order valence-electron chi connectivity index (χ0n) is 9.75. The van der Waals surface area contributed by atoms with Crippen molar-refractivity contribution in [2.24, 2.45) is 0 Å². The van der Waals surface area contributed by atoms with E-state index < -0.39 is 23.5 Å². The number of carboxylic acids is 1. The van der Waals surface area contributed by atoms with Gasteiger partial charge in [-0.25, -0.2) is 9.18 Å². The van der Waals surface area contributed by atoms with Crippen molar-refractivity contribution < 1.29 is 23.6 Å². The molecule has 0 aliphatic heterocycles. The number of halogens is 1. The van der Waals surface area contributed by atoms with Crippen LogP contribution in [0.15, 0.2) is 28.8 Å². The van der Waals surface area contributed by atoms with Crippen LogP contribution in [0.4, 0.5) is 10.1 Å². The van der Waals surface area contributed by atoms with Gasteiger partial charge in [-0.15, -0.1) is 0 Å². The van der Waals surface area contributed by atoms with Crippen LogP contribution in [-0.2, 0) is 0 Å². The van der Waals surface area contributed by atoms with E-state index in [1.807, 2.05) is 0 Å². The third-order valence-electron chi connectivity index (χ3n) is 2.30. The van der Waals surface area contributed by atoms with Crippen molar-refractivity contribution in [3.05, 3.63) is 47.1 Å². The molecule has 20 heavy (non-hydrogen) atoms. The maximum Gasteiger partial charge on any atom is 0.374 e. The Morgan fingerprint density at radius 1 is 1.40 bits per heavy atom. The maximum atomic E-state index is 13.5. The summed E-state index contributed by atoms with van der Waals surface area (Å²) in [5, 5.41) is 22.6. The van der Waals surface area contributed by atoms with E-state index in [2.05, 4.69) is 15.0 Å². The van der Waals surface area contributed by atoms with Gasteiger partial charge in [-0.05, 0) is 18.2 Å². The quantitative estimate of drug-likeness (QED) is 0.879. The molecule has 0 unspecified atom stereocenters. The lowest BCUT2D eigenvalue weighted by Gasteiger charge is -2.04. The summed E-state index contributed by atoms with van der Waals surface area (Å²) in [6.07, 6.45) is 0. The summed E-state index contributed by atoms with van der Waals surface area (Å²) in [4.78, 5) is 22.3. The van der Waals surface area contributed by atoms with E-state index in [0.29, 0.717) is 0 Å². The average Bonchev–Trinajstić information content (AvgIpc) is 2.91. The van der Waals surface area contributed by atoms with E-state index in [1.165, 1.54) is 12.1 Å². The van der Waals surface area contributed by atoms with Crippen molar-refractivity contribution >= 4 is 17.6 Å². The molecular formula is C12H6FN3O4. The molecule has 0 atom stereocenters. The summed E-state index contributed by atoms with van der Waals surface area (Å²) in [6, 6.07) is 6.16. The largest absolute Gasteiger partial charge is 0.475 e. The first-order valence-corrected chi connectivity index (χ1v) is 5.22. The molecule has 0 aliphatic rings. The molecule has 1 aromatic carbocycles. The number of hydrogen-bond donors (Lipinski definition) is 2. The van der Waals surface area contributed by atoms with Crippen LogP contribution in [0.25, 0.3) is 0 Å². The minimum Gasteiger partial charge on any atom is -0.475 e. The Morgan fingerprint density at radius 2 is 2.15 bits per heavy atom. The molecule has 1 heterocycles. The van der Waals surface area contributed by atoms with Crippen LogP contribution in [0, 0.1) is 17.1 Å². The number of nitriles is 1. The molecule has 1 amide bonds. The normalized spacial score (nSPS) is 9.80. The second-order valence-electron chi connectivity index (χ2n) is 3.64. The third-order valence-corrected chi connectivity index (χ3v) is 2.30. The first-order valence-electron chi connectivity index (χ1n) is 5.22. The number of rotatable bonds is 3. The molecule has 2 rings (SSSR count). The molecule has 100 valence electrons. The van der Waals surface area contributed by atoms with Gasteiger partial charge in [0.25, 0.3) is 5.91 Å². The molecule has 0 fully saturated rings. The van der Waals surface area contributed by atoms with Gasteiger partial charge in [-0.3, -0.25) is 4.79 Å². The zero-order valence-corrected chi connectivity index (χ0v) is 9.75. The second kappa shape index (κ2) is 5.19. The molecule has 1 aromatic heterocycles. The van der Waals surface area contributed by atoms with Gasteiger partial charge in [0.1, 0.15) is 5.82 Å². The molecule has 0 saturated heterocycles. The summed E-state index contributed by atoms with van der Waals surface area (Å²) in [5.74, 6) is -3.50. The highest BCUT2D eigenvalue weighted by Gasteiger charge is 2.17. The minimum absolute atomic E-state index is 0.107. The number of carbonyl (C=O) groups excluding carboxylic acids is 1. The fraction of sp³-hybridized carbons (Fsp3) is 0. The van der Waals surface area contributed by atoms with Gasteiger partial charge in [0.05, 0.1) is 17.3 Å². The number of aromatic nitrogens is 1. The number of nitrogens with one attached hydrogen (secondary N) is 1. The Balaban J connectivity index is 2.19. The smallest absolute Gasteiger partial charge is 0.374 e. The summed E-state index contributed by atoms with van der Waals surface area (Å²) >= 11 is 0. The van der Waals surface area contributed by atoms with Gasteiger partial charge in [0.2, 0.25) is 5.76 Å². The van der Waals surface area contributed by atoms with Crippen molar-refractivity contribution in [3.8, 4) is 6.07 Å². The zero-order chi connectivity index (χ0) is 14.7. The SMILES string of the molecule is N#Cc1ccc(NC(=O)c2cc(C(=O)O)on2)c(F)c1.